The van der Waals surface area contributed by atoms with Gasteiger partial charge >= 0.3 is 8.80 Å². The molecule has 0 aromatic carbocycles. The molecule has 0 fully saturated rings. The van der Waals surface area contributed by atoms with Crippen LogP contribution in [0.4, 0.5) is 0 Å². The van der Waals surface area contributed by atoms with Gasteiger partial charge in [0, 0.05) is 25.7 Å². The maximum atomic E-state index is 10.4. The summed E-state index contributed by atoms with van der Waals surface area (Å²) < 4.78 is 34.2. The predicted octanol–water partition coefficient (Wildman–Crippen LogP) is -2.85. The molecule has 11 heteroatoms. The number of aliphatic hydroxyl groups excluding tert-OH is 1. The van der Waals surface area contributed by atoms with Gasteiger partial charge in [-0.15, -0.1) is 0 Å². The van der Waals surface area contributed by atoms with Crippen LogP contribution in [0, 0.1) is 0 Å². The third-order valence-electron chi connectivity index (χ3n) is 2.03. The molecule has 0 aromatic heterocycles. The van der Waals surface area contributed by atoms with Crippen molar-refractivity contribution in [3.05, 3.63) is 0 Å². The van der Waals surface area contributed by atoms with Gasteiger partial charge in [0.05, 0.1) is 18.5 Å². The first kappa shape index (κ1) is 18.9. The molecule has 0 amide bonds. The van der Waals surface area contributed by atoms with E-state index in [1.54, 1.807) is 0 Å². The molecule has 0 heterocycles. The van der Waals surface area contributed by atoms with Crippen LogP contribution in [0.1, 0.15) is 6.42 Å². The van der Waals surface area contributed by atoms with Gasteiger partial charge in [-0.2, -0.15) is 8.42 Å². The Morgan fingerprint density at radius 3 is 2.42 bits per heavy atom. The number of rotatable bonds is 11. The Hall–Kier alpha value is -0.113. The molecule has 6 N–H and O–H groups in total. The molecule has 0 aliphatic rings. The Bertz CT molecular complexity index is 330. The zero-order chi connectivity index (χ0) is 14.9. The highest BCUT2D eigenvalue weighted by Gasteiger charge is 2.25. The van der Waals surface area contributed by atoms with Crippen molar-refractivity contribution in [1.82, 2.24) is 5.32 Å². The third-order valence-corrected chi connectivity index (χ3v) is 3.77. The largest absolute Gasteiger partial charge is 0.492 e. The van der Waals surface area contributed by atoms with Crippen molar-refractivity contribution < 1.29 is 37.2 Å². The second kappa shape index (κ2) is 8.94. The van der Waals surface area contributed by atoms with E-state index in [1.165, 1.54) is 0 Å². The predicted molar refractivity (Wildman–Crippen MR) is 67.9 cm³/mol. The SMILES string of the molecule is O=S(=O)(O)CCNCC(O)COCCC[Si](O)(O)O. The first-order valence-corrected chi connectivity index (χ1v) is 9.35. The van der Waals surface area contributed by atoms with Gasteiger partial charge in [-0.3, -0.25) is 4.55 Å². The van der Waals surface area contributed by atoms with Crippen molar-refractivity contribution in [3.63, 3.8) is 0 Å². The highest BCUT2D eigenvalue weighted by molar-refractivity contribution is 7.85. The van der Waals surface area contributed by atoms with Gasteiger partial charge in [0.2, 0.25) is 0 Å². The molecule has 0 radical (unpaired) electrons. The molecule has 19 heavy (non-hydrogen) atoms. The van der Waals surface area contributed by atoms with Crippen molar-refractivity contribution in [3.8, 4) is 0 Å². The highest BCUT2D eigenvalue weighted by Crippen LogP contribution is 2.01. The third kappa shape index (κ3) is 15.8. The monoisotopic (exact) mass is 319 g/mol. The topological polar surface area (TPSA) is 157 Å². The van der Waals surface area contributed by atoms with E-state index in [-0.39, 0.29) is 38.8 Å². The zero-order valence-corrected chi connectivity index (χ0v) is 12.2. The molecule has 0 aromatic rings. The van der Waals surface area contributed by atoms with Crippen LogP contribution < -0.4 is 5.32 Å². The number of nitrogens with one attached hydrogen (secondary N) is 1. The fourth-order valence-electron chi connectivity index (χ4n) is 1.16. The van der Waals surface area contributed by atoms with Gasteiger partial charge in [0.15, 0.2) is 0 Å². The Labute approximate surface area is 113 Å². The van der Waals surface area contributed by atoms with Gasteiger partial charge in [0.1, 0.15) is 0 Å². The lowest BCUT2D eigenvalue weighted by atomic mass is 10.4. The van der Waals surface area contributed by atoms with Crippen LogP contribution in [0.2, 0.25) is 6.04 Å². The van der Waals surface area contributed by atoms with Crippen LogP contribution in [0.15, 0.2) is 0 Å². The van der Waals surface area contributed by atoms with Gasteiger partial charge in [0.25, 0.3) is 10.1 Å². The van der Waals surface area contributed by atoms with Crippen LogP contribution in [-0.2, 0) is 14.9 Å². The molecular weight excluding hydrogens is 298 g/mol. The summed E-state index contributed by atoms with van der Waals surface area (Å²) in [6.07, 6.45) is -0.584. The molecule has 9 nitrogen and oxygen atoms in total. The van der Waals surface area contributed by atoms with E-state index in [4.69, 9.17) is 23.7 Å². The standard InChI is InChI=1S/C8H21NO8SSi/c10-8(6-9-2-4-18(11,12)13)7-17-3-1-5-19(14,15)16/h8-10,14-16H,1-7H2,(H,11,12,13). The fraction of sp³-hybridized carbons (Fsp3) is 1.00. The summed E-state index contributed by atoms with van der Waals surface area (Å²) in [6, 6.07) is -0.129. The molecule has 0 saturated carbocycles. The lowest BCUT2D eigenvalue weighted by Crippen LogP contribution is -2.35. The van der Waals surface area contributed by atoms with Crippen LogP contribution in [0.5, 0.6) is 0 Å². The summed E-state index contributed by atoms with van der Waals surface area (Å²) in [7, 11) is -8.02. The maximum absolute atomic E-state index is 10.4. The number of ether oxygens (including phenoxy) is 1. The molecule has 0 spiro atoms. The molecule has 1 unspecified atom stereocenters. The molecule has 0 saturated heterocycles. The van der Waals surface area contributed by atoms with Crippen molar-refractivity contribution in [1.29, 1.82) is 0 Å². The lowest BCUT2D eigenvalue weighted by molar-refractivity contribution is 0.0365. The van der Waals surface area contributed by atoms with Crippen molar-refractivity contribution in [2.75, 3.05) is 32.1 Å². The van der Waals surface area contributed by atoms with Gasteiger partial charge in [-0.1, -0.05) is 0 Å². The average Bonchev–Trinajstić information content (AvgIpc) is 2.21. The Morgan fingerprint density at radius 2 is 1.89 bits per heavy atom. The fourth-order valence-corrected chi connectivity index (χ4v) is 2.18. The molecule has 0 rings (SSSR count). The van der Waals surface area contributed by atoms with E-state index >= 15 is 0 Å². The van der Waals surface area contributed by atoms with E-state index in [9.17, 15) is 13.5 Å². The summed E-state index contributed by atoms with van der Waals surface area (Å²) in [5, 5.41) is 12.0. The first-order chi connectivity index (χ1) is 8.60. The van der Waals surface area contributed by atoms with E-state index < -0.39 is 30.8 Å². The van der Waals surface area contributed by atoms with Crippen molar-refractivity contribution in [2.45, 2.75) is 18.6 Å². The van der Waals surface area contributed by atoms with Crippen molar-refractivity contribution >= 4 is 18.9 Å². The van der Waals surface area contributed by atoms with Gasteiger partial charge < -0.3 is 29.5 Å². The number of aliphatic hydroxyl groups is 1. The lowest BCUT2D eigenvalue weighted by Gasteiger charge is -2.13. The zero-order valence-electron chi connectivity index (χ0n) is 10.4. The molecule has 0 aliphatic heterocycles. The van der Waals surface area contributed by atoms with E-state index in [2.05, 4.69) is 5.32 Å². The summed E-state index contributed by atoms with van der Waals surface area (Å²) in [5.41, 5.74) is 0. The minimum absolute atomic E-state index is 0.00425. The summed E-state index contributed by atoms with van der Waals surface area (Å²) in [6.45, 7) is 0.284. The number of hydrogen-bond donors (Lipinski definition) is 6. The van der Waals surface area contributed by atoms with Crippen LogP contribution >= 0.6 is 0 Å². The second-order valence-electron chi connectivity index (χ2n) is 4.10. The van der Waals surface area contributed by atoms with Crippen LogP contribution in [0.3, 0.4) is 0 Å². The maximum Gasteiger partial charge on any atom is 0.492 e. The summed E-state index contributed by atoms with van der Waals surface area (Å²) in [5.74, 6) is -0.434. The van der Waals surface area contributed by atoms with Gasteiger partial charge in [-0.05, 0) is 6.42 Å². The Kier molecular flexibility index (Phi) is 8.89. The Balaban J connectivity index is 3.42. The van der Waals surface area contributed by atoms with E-state index in [1.807, 2.05) is 0 Å². The molecule has 116 valence electrons. The molecular formula is C8H21NO8SSi. The normalized spacial score (nSPS) is 14.6. The summed E-state index contributed by atoms with van der Waals surface area (Å²) in [4.78, 5) is 26.1. The molecule has 0 aliphatic carbocycles. The second-order valence-corrected chi connectivity index (χ2v) is 7.72. The van der Waals surface area contributed by atoms with Gasteiger partial charge in [-0.25, -0.2) is 0 Å². The summed E-state index contributed by atoms with van der Waals surface area (Å²) >= 11 is 0. The molecule has 0 bridgehead atoms. The minimum Gasteiger partial charge on any atom is -0.390 e. The van der Waals surface area contributed by atoms with E-state index in [0.717, 1.165) is 0 Å². The quantitative estimate of drug-likeness (QED) is 0.134. The average molecular weight is 319 g/mol. The molecule has 1 atom stereocenters. The van der Waals surface area contributed by atoms with Crippen LogP contribution in [-0.4, -0.2) is 79.4 Å². The Morgan fingerprint density at radius 1 is 1.26 bits per heavy atom. The highest BCUT2D eigenvalue weighted by atomic mass is 32.2. The minimum atomic E-state index is -4.01. The van der Waals surface area contributed by atoms with Crippen LogP contribution in [0.25, 0.3) is 0 Å². The van der Waals surface area contributed by atoms with E-state index in [0.29, 0.717) is 0 Å². The smallest absolute Gasteiger partial charge is 0.390 e. The van der Waals surface area contributed by atoms with Crippen molar-refractivity contribution in [2.24, 2.45) is 0 Å². The number of hydrogen-bond acceptors (Lipinski definition) is 8. The first-order valence-electron chi connectivity index (χ1n) is 5.69.